The van der Waals surface area contributed by atoms with E-state index in [1.807, 2.05) is 0 Å². The van der Waals surface area contributed by atoms with E-state index in [9.17, 15) is 0 Å². The molecule has 78 valence electrons. The van der Waals surface area contributed by atoms with Gasteiger partial charge in [-0.3, -0.25) is 0 Å². The van der Waals surface area contributed by atoms with Crippen LogP contribution in [0.4, 0.5) is 0 Å². The normalized spacial score (nSPS) is 17.2. The van der Waals surface area contributed by atoms with Gasteiger partial charge in [0.25, 0.3) is 0 Å². The summed E-state index contributed by atoms with van der Waals surface area (Å²) < 4.78 is 0. The van der Waals surface area contributed by atoms with Gasteiger partial charge in [0, 0.05) is 0 Å². The topological polar surface area (TPSA) is 0 Å². The molecular weight excluding hydrogens is 156 g/mol. The lowest BCUT2D eigenvalue weighted by Crippen LogP contribution is -2.05. The summed E-state index contributed by atoms with van der Waals surface area (Å²) in [6.45, 7) is 11.5. The molecule has 0 aliphatic rings. The highest BCUT2D eigenvalue weighted by molar-refractivity contribution is 4.98. The summed E-state index contributed by atoms with van der Waals surface area (Å²) >= 11 is 0. The van der Waals surface area contributed by atoms with Crippen molar-refractivity contribution in [3.8, 4) is 0 Å². The van der Waals surface area contributed by atoms with Crippen LogP contribution in [0.5, 0.6) is 0 Å². The fraction of sp³-hybridized carbons (Fsp3) is 0.846. The maximum Gasteiger partial charge on any atom is -0.0320 e. The highest BCUT2D eigenvalue weighted by atomic mass is 14.1. The van der Waals surface area contributed by atoms with Crippen molar-refractivity contribution >= 4 is 0 Å². The zero-order valence-electron chi connectivity index (χ0n) is 10.1. The van der Waals surface area contributed by atoms with Crippen molar-refractivity contribution in [3.05, 3.63) is 11.6 Å². The Labute approximate surface area is 84.4 Å². The van der Waals surface area contributed by atoms with E-state index in [4.69, 9.17) is 0 Å². The van der Waals surface area contributed by atoms with Crippen LogP contribution in [0, 0.1) is 11.8 Å². The lowest BCUT2D eigenvalue weighted by atomic mass is 9.90. The van der Waals surface area contributed by atoms with Gasteiger partial charge in [0.05, 0.1) is 0 Å². The minimum absolute atomic E-state index is 0.844. The molecule has 0 aromatic carbocycles. The molecule has 0 rings (SSSR count). The van der Waals surface area contributed by atoms with Crippen LogP contribution in [0.25, 0.3) is 0 Å². The van der Waals surface area contributed by atoms with E-state index in [0.717, 1.165) is 11.8 Å². The van der Waals surface area contributed by atoms with Crippen LogP contribution in [0.2, 0.25) is 0 Å². The Hall–Kier alpha value is -0.260. The van der Waals surface area contributed by atoms with Crippen LogP contribution in [-0.2, 0) is 0 Å². The minimum Gasteiger partial charge on any atom is -0.0853 e. The second-order valence-corrected chi connectivity index (χ2v) is 4.40. The fourth-order valence-corrected chi connectivity index (χ4v) is 1.52. The summed E-state index contributed by atoms with van der Waals surface area (Å²) in [5.74, 6) is 1.71. The summed E-state index contributed by atoms with van der Waals surface area (Å²) in [5.41, 5.74) is 1.57. The Balaban J connectivity index is 3.79. The van der Waals surface area contributed by atoms with Crippen LogP contribution in [-0.4, -0.2) is 0 Å². The van der Waals surface area contributed by atoms with E-state index in [1.165, 1.54) is 25.7 Å². The number of hydrogen-bond donors (Lipinski definition) is 0. The Morgan fingerprint density at radius 1 is 1.15 bits per heavy atom. The van der Waals surface area contributed by atoms with Crippen molar-refractivity contribution in [2.75, 3.05) is 0 Å². The second-order valence-electron chi connectivity index (χ2n) is 4.40. The molecule has 13 heavy (non-hydrogen) atoms. The van der Waals surface area contributed by atoms with Gasteiger partial charge in [-0.15, -0.1) is 0 Å². The first-order valence-corrected chi connectivity index (χ1v) is 5.77. The summed E-state index contributed by atoms with van der Waals surface area (Å²) in [4.78, 5) is 0. The Morgan fingerprint density at radius 3 is 2.23 bits per heavy atom. The summed E-state index contributed by atoms with van der Waals surface area (Å²) in [7, 11) is 0. The third kappa shape index (κ3) is 5.90. The average Bonchev–Trinajstić information content (AvgIpc) is 2.13. The van der Waals surface area contributed by atoms with Crippen molar-refractivity contribution in [2.45, 2.75) is 60.3 Å². The third-order valence-electron chi connectivity index (χ3n) is 3.10. The first-order chi connectivity index (χ1) is 6.11. The SMILES string of the molecule is CCCC(C)=CCC(C)C(C)CC. The molecule has 0 heterocycles. The first kappa shape index (κ1) is 12.7. The zero-order valence-corrected chi connectivity index (χ0v) is 10.1. The monoisotopic (exact) mass is 182 g/mol. The number of rotatable bonds is 6. The maximum atomic E-state index is 2.43. The third-order valence-corrected chi connectivity index (χ3v) is 3.10. The lowest BCUT2D eigenvalue weighted by Gasteiger charge is -2.16. The zero-order chi connectivity index (χ0) is 10.3. The minimum atomic E-state index is 0.844. The highest BCUT2D eigenvalue weighted by Gasteiger charge is 2.07. The molecule has 0 fully saturated rings. The van der Waals surface area contributed by atoms with Crippen LogP contribution < -0.4 is 0 Å². The Kier molecular flexibility index (Phi) is 7.03. The van der Waals surface area contributed by atoms with Crippen LogP contribution >= 0.6 is 0 Å². The van der Waals surface area contributed by atoms with Gasteiger partial charge >= 0.3 is 0 Å². The molecule has 2 unspecified atom stereocenters. The van der Waals surface area contributed by atoms with Crippen molar-refractivity contribution in [3.63, 3.8) is 0 Å². The molecule has 0 bridgehead atoms. The molecule has 0 N–H and O–H groups in total. The summed E-state index contributed by atoms with van der Waals surface area (Å²) in [6, 6.07) is 0. The number of hydrogen-bond acceptors (Lipinski definition) is 0. The van der Waals surface area contributed by atoms with E-state index in [0.29, 0.717) is 0 Å². The molecular formula is C13H26. The largest absolute Gasteiger partial charge is 0.0853 e. The molecule has 0 spiro atoms. The Morgan fingerprint density at radius 2 is 1.77 bits per heavy atom. The standard InChI is InChI=1S/C13H26/c1-6-8-11(3)9-10-13(5)12(4)7-2/h9,12-13H,6-8,10H2,1-5H3. The number of allylic oxidation sites excluding steroid dienone is 2. The van der Waals surface area contributed by atoms with Crippen LogP contribution in [0.15, 0.2) is 11.6 Å². The van der Waals surface area contributed by atoms with Crippen molar-refractivity contribution in [1.82, 2.24) is 0 Å². The van der Waals surface area contributed by atoms with Gasteiger partial charge in [-0.1, -0.05) is 52.2 Å². The van der Waals surface area contributed by atoms with E-state index >= 15 is 0 Å². The van der Waals surface area contributed by atoms with Gasteiger partial charge in [0.15, 0.2) is 0 Å². The summed E-state index contributed by atoms with van der Waals surface area (Å²) in [6.07, 6.45) is 7.55. The van der Waals surface area contributed by atoms with Gasteiger partial charge in [0.2, 0.25) is 0 Å². The molecule has 0 radical (unpaired) electrons. The summed E-state index contributed by atoms with van der Waals surface area (Å²) in [5, 5.41) is 0. The first-order valence-electron chi connectivity index (χ1n) is 5.77. The highest BCUT2D eigenvalue weighted by Crippen LogP contribution is 2.19. The predicted molar refractivity (Wildman–Crippen MR) is 61.9 cm³/mol. The molecule has 0 saturated heterocycles. The Bertz CT molecular complexity index is 144. The molecule has 0 aliphatic carbocycles. The lowest BCUT2D eigenvalue weighted by molar-refractivity contribution is 0.380. The van der Waals surface area contributed by atoms with Gasteiger partial charge in [-0.2, -0.15) is 0 Å². The van der Waals surface area contributed by atoms with Gasteiger partial charge in [0.1, 0.15) is 0 Å². The van der Waals surface area contributed by atoms with E-state index in [-0.39, 0.29) is 0 Å². The molecule has 0 nitrogen and oxygen atoms in total. The molecule has 0 aromatic heterocycles. The van der Waals surface area contributed by atoms with Crippen molar-refractivity contribution < 1.29 is 0 Å². The van der Waals surface area contributed by atoms with E-state index in [1.54, 1.807) is 5.57 Å². The molecule has 0 aromatic rings. The van der Waals surface area contributed by atoms with Crippen molar-refractivity contribution in [2.24, 2.45) is 11.8 Å². The fourth-order valence-electron chi connectivity index (χ4n) is 1.52. The maximum absolute atomic E-state index is 2.43. The molecule has 0 aliphatic heterocycles. The quantitative estimate of drug-likeness (QED) is 0.517. The van der Waals surface area contributed by atoms with Gasteiger partial charge in [-0.25, -0.2) is 0 Å². The average molecular weight is 182 g/mol. The van der Waals surface area contributed by atoms with Crippen LogP contribution in [0.1, 0.15) is 60.3 Å². The van der Waals surface area contributed by atoms with Crippen molar-refractivity contribution in [1.29, 1.82) is 0 Å². The van der Waals surface area contributed by atoms with Crippen LogP contribution in [0.3, 0.4) is 0 Å². The van der Waals surface area contributed by atoms with Gasteiger partial charge < -0.3 is 0 Å². The molecule has 0 saturated carbocycles. The van der Waals surface area contributed by atoms with E-state index in [2.05, 4.69) is 40.7 Å². The molecule has 0 heteroatoms. The smallest absolute Gasteiger partial charge is 0.0320 e. The van der Waals surface area contributed by atoms with Gasteiger partial charge in [-0.05, 0) is 31.6 Å². The predicted octanol–water partition coefficient (Wildman–Crippen LogP) is 4.81. The molecule has 0 amide bonds. The van der Waals surface area contributed by atoms with E-state index < -0.39 is 0 Å². The molecule has 2 atom stereocenters. The second kappa shape index (κ2) is 7.17.